The Morgan fingerprint density at radius 1 is 1.53 bits per heavy atom. The molecule has 0 spiro atoms. The maximum atomic E-state index is 6.04. The standard InChI is InChI=1S/C14H21ClN2/c1-11(13-4-3-5-14(15)8-13)10-17-7-6-16-9-12(17)2/h3-5,8,11-12,16H,6-7,9-10H2,1-2H3. The maximum Gasteiger partial charge on any atom is 0.0408 e. The van der Waals surface area contributed by atoms with Crippen molar-refractivity contribution in [1.82, 2.24) is 10.2 Å². The average molecular weight is 253 g/mol. The smallest absolute Gasteiger partial charge is 0.0408 e. The first-order chi connectivity index (χ1) is 8.16. The van der Waals surface area contributed by atoms with Gasteiger partial charge in [0, 0.05) is 37.2 Å². The SMILES string of the molecule is CC(CN1CCNCC1C)c1cccc(Cl)c1. The van der Waals surface area contributed by atoms with Crippen LogP contribution in [-0.2, 0) is 0 Å². The van der Waals surface area contributed by atoms with Crippen molar-refractivity contribution in [1.29, 1.82) is 0 Å². The molecule has 0 bridgehead atoms. The summed E-state index contributed by atoms with van der Waals surface area (Å²) >= 11 is 6.04. The summed E-state index contributed by atoms with van der Waals surface area (Å²) in [6.07, 6.45) is 0. The number of benzene rings is 1. The predicted molar refractivity (Wildman–Crippen MR) is 73.8 cm³/mol. The molecule has 94 valence electrons. The van der Waals surface area contributed by atoms with Crippen molar-refractivity contribution in [2.45, 2.75) is 25.8 Å². The van der Waals surface area contributed by atoms with Gasteiger partial charge in [0.2, 0.25) is 0 Å². The highest BCUT2D eigenvalue weighted by molar-refractivity contribution is 6.30. The number of piperazine rings is 1. The summed E-state index contributed by atoms with van der Waals surface area (Å²) in [6, 6.07) is 8.86. The summed E-state index contributed by atoms with van der Waals surface area (Å²) in [4.78, 5) is 2.56. The van der Waals surface area contributed by atoms with Crippen LogP contribution in [0.5, 0.6) is 0 Å². The lowest BCUT2D eigenvalue weighted by Crippen LogP contribution is -2.50. The van der Waals surface area contributed by atoms with Crippen LogP contribution in [0.25, 0.3) is 0 Å². The van der Waals surface area contributed by atoms with Crippen molar-refractivity contribution in [2.24, 2.45) is 0 Å². The van der Waals surface area contributed by atoms with Crippen molar-refractivity contribution >= 4 is 11.6 Å². The Morgan fingerprint density at radius 2 is 2.35 bits per heavy atom. The third-order valence-corrected chi connectivity index (χ3v) is 3.80. The Hall–Kier alpha value is -0.570. The van der Waals surface area contributed by atoms with Gasteiger partial charge in [0.25, 0.3) is 0 Å². The Balaban J connectivity index is 1.98. The van der Waals surface area contributed by atoms with Gasteiger partial charge in [-0.25, -0.2) is 0 Å². The fraction of sp³-hybridized carbons (Fsp3) is 0.571. The second-order valence-electron chi connectivity index (χ2n) is 5.00. The zero-order valence-electron chi connectivity index (χ0n) is 10.6. The first-order valence-electron chi connectivity index (χ1n) is 6.37. The van der Waals surface area contributed by atoms with E-state index < -0.39 is 0 Å². The highest BCUT2D eigenvalue weighted by atomic mass is 35.5. The zero-order chi connectivity index (χ0) is 12.3. The van der Waals surface area contributed by atoms with Crippen LogP contribution in [0.2, 0.25) is 5.02 Å². The number of nitrogens with zero attached hydrogens (tertiary/aromatic N) is 1. The lowest BCUT2D eigenvalue weighted by atomic mass is 9.99. The molecule has 1 aromatic rings. The molecule has 0 amide bonds. The quantitative estimate of drug-likeness (QED) is 0.890. The Morgan fingerprint density at radius 3 is 3.06 bits per heavy atom. The predicted octanol–water partition coefficient (Wildman–Crippen LogP) is 2.74. The molecule has 0 aliphatic carbocycles. The van der Waals surface area contributed by atoms with Crippen LogP contribution in [0.3, 0.4) is 0 Å². The van der Waals surface area contributed by atoms with Gasteiger partial charge >= 0.3 is 0 Å². The minimum absolute atomic E-state index is 0.536. The van der Waals surface area contributed by atoms with Gasteiger partial charge < -0.3 is 5.32 Å². The minimum Gasteiger partial charge on any atom is -0.314 e. The molecule has 1 heterocycles. The van der Waals surface area contributed by atoms with Crippen molar-refractivity contribution in [2.75, 3.05) is 26.2 Å². The molecule has 1 aliphatic heterocycles. The van der Waals surface area contributed by atoms with E-state index in [1.807, 2.05) is 12.1 Å². The lowest BCUT2D eigenvalue weighted by Gasteiger charge is -2.35. The van der Waals surface area contributed by atoms with E-state index >= 15 is 0 Å². The molecular formula is C14H21ClN2. The third-order valence-electron chi connectivity index (χ3n) is 3.56. The van der Waals surface area contributed by atoms with Gasteiger partial charge in [0.1, 0.15) is 0 Å². The summed E-state index contributed by atoms with van der Waals surface area (Å²) < 4.78 is 0. The second-order valence-corrected chi connectivity index (χ2v) is 5.44. The van der Waals surface area contributed by atoms with E-state index in [0.29, 0.717) is 12.0 Å². The third kappa shape index (κ3) is 3.44. The molecule has 2 unspecified atom stereocenters. The van der Waals surface area contributed by atoms with E-state index in [2.05, 4.69) is 36.2 Å². The fourth-order valence-electron chi connectivity index (χ4n) is 2.42. The van der Waals surface area contributed by atoms with Crippen LogP contribution in [0, 0.1) is 0 Å². The summed E-state index contributed by atoms with van der Waals surface area (Å²) in [5.74, 6) is 0.536. The van der Waals surface area contributed by atoms with Crippen molar-refractivity contribution in [3.63, 3.8) is 0 Å². The first-order valence-corrected chi connectivity index (χ1v) is 6.75. The molecule has 1 N–H and O–H groups in total. The van der Waals surface area contributed by atoms with E-state index in [1.54, 1.807) is 0 Å². The molecular weight excluding hydrogens is 232 g/mol. The molecule has 1 aromatic carbocycles. The Labute approximate surface area is 109 Å². The van der Waals surface area contributed by atoms with Crippen LogP contribution in [0.15, 0.2) is 24.3 Å². The molecule has 17 heavy (non-hydrogen) atoms. The highest BCUT2D eigenvalue weighted by Gasteiger charge is 2.20. The van der Waals surface area contributed by atoms with E-state index in [9.17, 15) is 0 Å². The van der Waals surface area contributed by atoms with E-state index in [1.165, 1.54) is 5.56 Å². The van der Waals surface area contributed by atoms with E-state index in [-0.39, 0.29) is 0 Å². The molecule has 0 radical (unpaired) electrons. The highest BCUT2D eigenvalue weighted by Crippen LogP contribution is 2.21. The Kier molecular flexibility index (Phi) is 4.43. The minimum atomic E-state index is 0.536. The summed E-state index contributed by atoms with van der Waals surface area (Å²) in [5, 5.41) is 4.26. The van der Waals surface area contributed by atoms with Crippen LogP contribution < -0.4 is 5.32 Å². The fourth-order valence-corrected chi connectivity index (χ4v) is 2.62. The molecule has 2 nitrogen and oxygen atoms in total. The van der Waals surface area contributed by atoms with Gasteiger partial charge in [0.15, 0.2) is 0 Å². The summed E-state index contributed by atoms with van der Waals surface area (Å²) in [5.41, 5.74) is 1.34. The Bertz CT molecular complexity index is 367. The summed E-state index contributed by atoms with van der Waals surface area (Å²) in [6.45, 7) is 9.03. The molecule has 0 saturated carbocycles. The maximum absolute atomic E-state index is 6.04. The number of nitrogens with one attached hydrogen (secondary N) is 1. The topological polar surface area (TPSA) is 15.3 Å². The van der Waals surface area contributed by atoms with Crippen LogP contribution in [0.4, 0.5) is 0 Å². The molecule has 0 aromatic heterocycles. The van der Waals surface area contributed by atoms with Gasteiger partial charge in [-0.3, -0.25) is 4.90 Å². The van der Waals surface area contributed by atoms with Gasteiger partial charge in [-0.1, -0.05) is 30.7 Å². The first kappa shape index (κ1) is 12.9. The van der Waals surface area contributed by atoms with Crippen molar-refractivity contribution < 1.29 is 0 Å². The van der Waals surface area contributed by atoms with Crippen LogP contribution in [-0.4, -0.2) is 37.1 Å². The average Bonchev–Trinajstić information content (AvgIpc) is 2.32. The number of hydrogen-bond donors (Lipinski definition) is 1. The van der Waals surface area contributed by atoms with Crippen LogP contribution in [0.1, 0.15) is 25.3 Å². The van der Waals surface area contributed by atoms with E-state index in [4.69, 9.17) is 11.6 Å². The van der Waals surface area contributed by atoms with Gasteiger partial charge in [-0.15, -0.1) is 0 Å². The monoisotopic (exact) mass is 252 g/mol. The van der Waals surface area contributed by atoms with Crippen LogP contribution >= 0.6 is 11.6 Å². The number of halogens is 1. The molecule has 2 rings (SSSR count). The molecule has 3 heteroatoms. The van der Waals surface area contributed by atoms with Crippen molar-refractivity contribution in [3.05, 3.63) is 34.9 Å². The number of rotatable bonds is 3. The second kappa shape index (κ2) is 5.85. The normalized spacial score (nSPS) is 23.6. The zero-order valence-corrected chi connectivity index (χ0v) is 11.4. The molecule has 2 atom stereocenters. The van der Waals surface area contributed by atoms with Gasteiger partial charge in [-0.05, 0) is 30.5 Å². The molecule has 1 saturated heterocycles. The largest absolute Gasteiger partial charge is 0.314 e. The number of hydrogen-bond acceptors (Lipinski definition) is 2. The van der Waals surface area contributed by atoms with E-state index in [0.717, 1.165) is 31.2 Å². The van der Waals surface area contributed by atoms with Crippen molar-refractivity contribution in [3.8, 4) is 0 Å². The van der Waals surface area contributed by atoms with Gasteiger partial charge in [-0.2, -0.15) is 0 Å². The summed E-state index contributed by atoms with van der Waals surface area (Å²) in [7, 11) is 0. The molecule has 1 aliphatic rings. The molecule has 1 fully saturated rings. The van der Waals surface area contributed by atoms with Gasteiger partial charge in [0.05, 0.1) is 0 Å². The lowest BCUT2D eigenvalue weighted by molar-refractivity contribution is 0.166.